The van der Waals surface area contributed by atoms with Gasteiger partial charge in [-0.1, -0.05) is 30.3 Å². The van der Waals surface area contributed by atoms with Crippen molar-refractivity contribution in [2.24, 2.45) is 0 Å². The molecule has 1 saturated carbocycles. The van der Waals surface area contributed by atoms with Crippen molar-refractivity contribution in [1.82, 2.24) is 10.6 Å². The van der Waals surface area contributed by atoms with Crippen LogP contribution in [0, 0.1) is 0 Å². The van der Waals surface area contributed by atoms with Crippen LogP contribution in [0.25, 0.3) is 0 Å². The lowest BCUT2D eigenvalue weighted by Gasteiger charge is -2.20. The number of sulfone groups is 1. The highest BCUT2D eigenvalue weighted by molar-refractivity contribution is 7.92. The molecular weight excluding hydrogens is 344 g/mol. The Morgan fingerprint density at radius 3 is 2.40 bits per heavy atom. The molecule has 8 heteroatoms. The van der Waals surface area contributed by atoms with E-state index in [0.717, 1.165) is 5.56 Å². The average molecular weight is 368 g/mol. The first-order chi connectivity index (χ1) is 11.7. The molecule has 0 radical (unpaired) electrons. The summed E-state index contributed by atoms with van der Waals surface area (Å²) in [6.45, 7) is 0.0780. The molecule has 2 amide bonds. The van der Waals surface area contributed by atoms with Crippen LogP contribution < -0.4 is 10.6 Å². The smallest absolute Gasteiger partial charge is 0.315 e. The fourth-order valence-electron chi connectivity index (χ4n) is 2.72. The predicted molar refractivity (Wildman–Crippen MR) is 94.1 cm³/mol. The quantitative estimate of drug-likeness (QED) is 0.609. The number of urea groups is 1. The maximum absolute atomic E-state index is 12.1. The van der Waals surface area contributed by atoms with Crippen molar-refractivity contribution < 1.29 is 23.1 Å². The summed E-state index contributed by atoms with van der Waals surface area (Å²) < 4.78 is 22.6. The molecular formula is C17H24N2O5S. The van der Waals surface area contributed by atoms with E-state index < -0.39 is 26.6 Å². The summed E-state index contributed by atoms with van der Waals surface area (Å²) >= 11 is 0. The second-order valence-corrected chi connectivity index (χ2v) is 9.01. The van der Waals surface area contributed by atoms with E-state index in [1.807, 2.05) is 30.3 Å². The number of hydrogen-bond donors (Lipinski definition) is 3. The van der Waals surface area contributed by atoms with E-state index in [9.17, 15) is 18.0 Å². The third-order valence-electron chi connectivity index (χ3n) is 4.53. The molecule has 138 valence electrons. The van der Waals surface area contributed by atoms with Crippen LogP contribution in [0.2, 0.25) is 0 Å². The molecule has 1 aromatic carbocycles. The number of amides is 2. The Balaban J connectivity index is 1.91. The monoisotopic (exact) mass is 368 g/mol. The number of nitrogens with one attached hydrogen (secondary N) is 2. The van der Waals surface area contributed by atoms with Crippen molar-refractivity contribution in [3.63, 3.8) is 0 Å². The molecule has 1 aliphatic rings. The normalized spacial score (nSPS) is 16.7. The average Bonchev–Trinajstić information content (AvgIpc) is 3.33. The van der Waals surface area contributed by atoms with E-state index >= 15 is 0 Å². The van der Waals surface area contributed by atoms with Crippen molar-refractivity contribution in [2.45, 2.75) is 42.9 Å². The van der Waals surface area contributed by atoms with Crippen molar-refractivity contribution in [1.29, 1.82) is 0 Å². The van der Waals surface area contributed by atoms with Crippen LogP contribution in [0.15, 0.2) is 30.3 Å². The maximum atomic E-state index is 12.1. The van der Waals surface area contributed by atoms with Crippen molar-refractivity contribution in [2.75, 3.05) is 12.8 Å². The standard InChI is InChI=1S/C17H24N2O5S/c1-25(23,24)17(9-10-17)12-18-16(22)19-14(7-8-15(20)21)11-13-5-3-2-4-6-13/h2-6,14H,7-12H2,1H3,(H,20,21)(H2,18,19,22). The SMILES string of the molecule is CS(=O)(=O)C1(CNC(=O)NC(CCC(=O)O)Cc2ccccc2)CC1. The van der Waals surface area contributed by atoms with Crippen LogP contribution >= 0.6 is 0 Å². The fourth-order valence-corrected chi connectivity index (χ4v) is 3.90. The molecule has 0 spiro atoms. The fraction of sp³-hybridized carbons (Fsp3) is 0.529. The van der Waals surface area contributed by atoms with Gasteiger partial charge in [-0.2, -0.15) is 0 Å². The minimum atomic E-state index is -3.21. The molecule has 1 aromatic rings. The van der Waals surface area contributed by atoms with Gasteiger partial charge in [-0.25, -0.2) is 13.2 Å². The number of rotatable bonds is 9. The lowest BCUT2D eigenvalue weighted by Crippen LogP contribution is -2.47. The number of carbonyl (C=O) groups is 2. The van der Waals surface area contributed by atoms with Gasteiger partial charge in [0.15, 0.2) is 9.84 Å². The summed E-state index contributed by atoms with van der Waals surface area (Å²) in [5.74, 6) is -0.922. The van der Waals surface area contributed by atoms with Crippen LogP contribution in [0.3, 0.4) is 0 Å². The molecule has 2 rings (SSSR count). The van der Waals surface area contributed by atoms with E-state index in [1.165, 1.54) is 6.26 Å². The molecule has 1 fully saturated rings. The minimum Gasteiger partial charge on any atom is -0.481 e. The summed E-state index contributed by atoms with van der Waals surface area (Å²) in [4.78, 5) is 22.9. The van der Waals surface area contributed by atoms with Gasteiger partial charge in [0.1, 0.15) is 0 Å². The number of aliphatic carboxylic acids is 1. The van der Waals surface area contributed by atoms with Crippen LogP contribution in [-0.2, 0) is 21.1 Å². The van der Waals surface area contributed by atoms with Crippen LogP contribution in [0.1, 0.15) is 31.2 Å². The Kier molecular flexibility index (Phi) is 6.05. The highest BCUT2D eigenvalue weighted by Gasteiger charge is 2.52. The molecule has 0 aliphatic heterocycles. The van der Waals surface area contributed by atoms with E-state index in [2.05, 4.69) is 10.6 Å². The summed E-state index contributed by atoms with van der Waals surface area (Å²) in [6.07, 6.45) is 3.06. The van der Waals surface area contributed by atoms with Gasteiger partial charge < -0.3 is 15.7 Å². The van der Waals surface area contributed by atoms with Crippen LogP contribution in [-0.4, -0.2) is 49.1 Å². The molecule has 3 N–H and O–H groups in total. The molecule has 0 heterocycles. The van der Waals surface area contributed by atoms with Crippen LogP contribution in [0.4, 0.5) is 4.79 Å². The lowest BCUT2D eigenvalue weighted by atomic mass is 10.0. The van der Waals surface area contributed by atoms with Gasteiger partial charge >= 0.3 is 12.0 Å². The minimum absolute atomic E-state index is 0.0505. The summed E-state index contributed by atoms with van der Waals surface area (Å²) in [7, 11) is -3.21. The Labute approximate surface area is 147 Å². The third kappa shape index (κ3) is 5.74. The van der Waals surface area contributed by atoms with Crippen molar-refractivity contribution in [3.05, 3.63) is 35.9 Å². The molecule has 1 aliphatic carbocycles. The van der Waals surface area contributed by atoms with Crippen molar-refractivity contribution >= 4 is 21.8 Å². The molecule has 0 saturated heterocycles. The predicted octanol–water partition coefficient (Wildman–Crippen LogP) is 1.34. The Morgan fingerprint density at radius 2 is 1.88 bits per heavy atom. The number of benzene rings is 1. The number of hydrogen-bond acceptors (Lipinski definition) is 4. The van der Waals surface area contributed by atoms with Gasteiger partial charge in [-0.15, -0.1) is 0 Å². The zero-order chi connectivity index (χ0) is 18.5. The Hall–Kier alpha value is -2.09. The van der Waals surface area contributed by atoms with Crippen LogP contribution in [0.5, 0.6) is 0 Å². The molecule has 0 aromatic heterocycles. The van der Waals surface area contributed by atoms with E-state index in [0.29, 0.717) is 25.7 Å². The largest absolute Gasteiger partial charge is 0.481 e. The molecule has 1 unspecified atom stereocenters. The highest BCUT2D eigenvalue weighted by Crippen LogP contribution is 2.42. The molecule has 0 bridgehead atoms. The lowest BCUT2D eigenvalue weighted by molar-refractivity contribution is -0.137. The van der Waals surface area contributed by atoms with E-state index in [-0.39, 0.29) is 19.0 Å². The summed E-state index contributed by atoms with van der Waals surface area (Å²) in [6, 6.07) is 8.66. The van der Waals surface area contributed by atoms with Gasteiger partial charge in [-0.3, -0.25) is 4.79 Å². The molecule has 1 atom stereocenters. The number of carboxylic acids is 1. The van der Waals surface area contributed by atoms with Gasteiger partial charge in [0.25, 0.3) is 0 Å². The first kappa shape index (κ1) is 19.2. The van der Waals surface area contributed by atoms with Crippen molar-refractivity contribution in [3.8, 4) is 0 Å². The van der Waals surface area contributed by atoms with Gasteiger partial charge in [0.05, 0.1) is 4.75 Å². The van der Waals surface area contributed by atoms with Gasteiger partial charge in [-0.05, 0) is 31.2 Å². The molecule has 25 heavy (non-hydrogen) atoms. The zero-order valence-corrected chi connectivity index (χ0v) is 15.0. The molecule has 7 nitrogen and oxygen atoms in total. The Bertz CT molecular complexity index is 714. The maximum Gasteiger partial charge on any atom is 0.315 e. The first-order valence-electron chi connectivity index (χ1n) is 8.21. The summed E-state index contributed by atoms with van der Waals surface area (Å²) in [5, 5.41) is 14.3. The Morgan fingerprint density at radius 1 is 1.24 bits per heavy atom. The van der Waals surface area contributed by atoms with Gasteiger partial charge in [0, 0.05) is 25.3 Å². The zero-order valence-electron chi connectivity index (χ0n) is 14.2. The van der Waals surface area contributed by atoms with E-state index in [4.69, 9.17) is 5.11 Å². The van der Waals surface area contributed by atoms with E-state index in [1.54, 1.807) is 0 Å². The number of carboxylic acid groups (broad SMARTS) is 1. The first-order valence-corrected chi connectivity index (χ1v) is 10.1. The number of carbonyl (C=O) groups excluding carboxylic acids is 1. The van der Waals surface area contributed by atoms with Gasteiger partial charge in [0.2, 0.25) is 0 Å². The second-order valence-electron chi connectivity index (χ2n) is 6.60. The topological polar surface area (TPSA) is 113 Å². The third-order valence-corrected chi connectivity index (χ3v) is 6.66. The highest BCUT2D eigenvalue weighted by atomic mass is 32.2. The second kappa shape index (κ2) is 7.86. The summed E-state index contributed by atoms with van der Waals surface area (Å²) in [5.41, 5.74) is 0.994.